The van der Waals surface area contributed by atoms with Gasteiger partial charge < -0.3 is 14.5 Å². The standard InChI is InChI=1S/C21H22N6OS/c1-15-6-8-23-19-18(7-13-28-20(15)19)24-25-21(29)27-11-9-26(10-12-27)17-4-2-16(14-22)3-5-17/h2-6,8H,7,9-13H2,1H3,(H,25,29)/b24-18-. The van der Waals surface area contributed by atoms with Crippen molar-refractivity contribution in [3.05, 3.63) is 53.3 Å². The number of aryl methyl sites for hydroxylation is 1. The van der Waals surface area contributed by atoms with Crippen LogP contribution in [0.4, 0.5) is 5.69 Å². The van der Waals surface area contributed by atoms with Gasteiger partial charge in [-0.25, -0.2) is 0 Å². The Kier molecular flexibility index (Phi) is 5.58. The number of pyridine rings is 1. The first-order valence-corrected chi connectivity index (χ1v) is 10.0. The number of piperazine rings is 1. The molecule has 0 atom stereocenters. The summed E-state index contributed by atoms with van der Waals surface area (Å²) in [4.78, 5) is 8.86. The van der Waals surface area contributed by atoms with Crippen LogP contribution in [0.5, 0.6) is 5.75 Å². The fraction of sp³-hybridized carbons (Fsp3) is 0.333. The molecule has 0 unspecified atom stereocenters. The minimum atomic E-state index is 0.593. The van der Waals surface area contributed by atoms with Gasteiger partial charge in [-0.3, -0.25) is 10.4 Å². The van der Waals surface area contributed by atoms with Crippen molar-refractivity contribution in [2.75, 3.05) is 37.7 Å². The smallest absolute Gasteiger partial charge is 0.189 e. The van der Waals surface area contributed by atoms with Crippen LogP contribution in [0, 0.1) is 18.3 Å². The molecule has 2 aliphatic rings. The summed E-state index contributed by atoms with van der Waals surface area (Å²) in [6.07, 6.45) is 2.48. The predicted molar refractivity (Wildman–Crippen MR) is 116 cm³/mol. The number of nitrogens with zero attached hydrogens (tertiary/aromatic N) is 5. The summed E-state index contributed by atoms with van der Waals surface area (Å²) in [7, 11) is 0. The van der Waals surface area contributed by atoms with Crippen molar-refractivity contribution in [2.45, 2.75) is 13.3 Å². The molecule has 1 aromatic carbocycles. The molecule has 29 heavy (non-hydrogen) atoms. The van der Waals surface area contributed by atoms with E-state index in [-0.39, 0.29) is 0 Å². The Morgan fingerprint density at radius 3 is 2.69 bits per heavy atom. The number of ether oxygens (including phenoxy) is 1. The van der Waals surface area contributed by atoms with E-state index in [2.05, 4.69) is 31.4 Å². The Labute approximate surface area is 175 Å². The van der Waals surface area contributed by atoms with Crippen molar-refractivity contribution in [1.82, 2.24) is 15.3 Å². The molecule has 1 saturated heterocycles. The molecule has 0 amide bonds. The zero-order valence-electron chi connectivity index (χ0n) is 16.3. The Morgan fingerprint density at radius 1 is 1.21 bits per heavy atom. The van der Waals surface area contributed by atoms with E-state index in [0.29, 0.717) is 23.7 Å². The molecule has 4 rings (SSSR count). The molecule has 1 aromatic heterocycles. The third kappa shape index (κ3) is 4.15. The van der Waals surface area contributed by atoms with Crippen molar-refractivity contribution >= 4 is 28.7 Å². The third-order valence-electron chi connectivity index (χ3n) is 5.17. The summed E-state index contributed by atoms with van der Waals surface area (Å²) in [6.45, 7) is 5.95. The van der Waals surface area contributed by atoms with Gasteiger partial charge >= 0.3 is 0 Å². The molecular formula is C21H22N6OS. The Hall–Kier alpha value is -3.18. The van der Waals surface area contributed by atoms with E-state index in [4.69, 9.17) is 22.2 Å². The molecule has 0 radical (unpaired) electrons. The summed E-state index contributed by atoms with van der Waals surface area (Å²) in [5, 5.41) is 14.1. The second-order valence-corrected chi connectivity index (χ2v) is 7.40. The molecule has 0 saturated carbocycles. The second-order valence-electron chi connectivity index (χ2n) is 7.01. The number of benzene rings is 1. The van der Waals surface area contributed by atoms with Gasteiger partial charge in [-0.2, -0.15) is 10.4 Å². The molecule has 1 N–H and O–H groups in total. The molecule has 3 heterocycles. The maximum Gasteiger partial charge on any atom is 0.189 e. The Bertz CT molecular complexity index is 974. The Balaban J connectivity index is 1.36. The van der Waals surface area contributed by atoms with Crippen molar-refractivity contribution in [1.29, 1.82) is 5.26 Å². The van der Waals surface area contributed by atoms with Crippen LogP contribution in [0.2, 0.25) is 0 Å². The number of hydrogen-bond donors (Lipinski definition) is 1. The highest BCUT2D eigenvalue weighted by molar-refractivity contribution is 7.80. The lowest BCUT2D eigenvalue weighted by Crippen LogP contribution is -2.51. The normalized spacial score (nSPS) is 17.3. The molecule has 1 fully saturated rings. The lowest BCUT2D eigenvalue weighted by molar-refractivity contribution is 0.315. The van der Waals surface area contributed by atoms with Crippen LogP contribution in [0.3, 0.4) is 0 Å². The molecule has 2 aliphatic heterocycles. The summed E-state index contributed by atoms with van der Waals surface area (Å²) < 4.78 is 5.74. The van der Waals surface area contributed by atoms with Crippen LogP contribution in [0.1, 0.15) is 23.2 Å². The lowest BCUT2D eigenvalue weighted by atomic mass is 10.1. The number of thiocarbonyl (C=S) groups is 1. The highest BCUT2D eigenvalue weighted by atomic mass is 32.1. The maximum absolute atomic E-state index is 8.93. The number of nitriles is 1. The molecule has 148 valence electrons. The van der Waals surface area contributed by atoms with Crippen molar-refractivity contribution in [2.24, 2.45) is 5.10 Å². The van der Waals surface area contributed by atoms with E-state index in [1.54, 1.807) is 6.20 Å². The van der Waals surface area contributed by atoms with Gasteiger partial charge in [-0.1, -0.05) is 0 Å². The fourth-order valence-corrected chi connectivity index (χ4v) is 3.74. The van der Waals surface area contributed by atoms with Gasteiger partial charge in [-0.05, 0) is 55.0 Å². The summed E-state index contributed by atoms with van der Waals surface area (Å²) in [5.74, 6) is 0.807. The van der Waals surface area contributed by atoms with Gasteiger partial charge in [0.05, 0.1) is 24.0 Å². The van der Waals surface area contributed by atoms with Gasteiger partial charge in [0.25, 0.3) is 0 Å². The van der Waals surface area contributed by atoms with Gasteiger partial charge in [-0.15, -0.1) is 0 Å². The van der Waals surface area contributed by atoms with Crippen LogP contribution in [-0.4, -0.2) is 53.5 Å². The fourth-order valence-electron chi connectivity index (χ4n) is 3.51. The minimum absolute atomic E-state index is 0.593. The van der Waals surface area contributed by atoms with Crippen LogP contribution in [0.15, 0.2) is 41.6 Å². The molecule has 7 nitrogen and oxygen atoms in total. The summed E-state index contributed by atoms with van der Waals surface area (Å²) in [5.41, 5.74) is 7.57. The number of fused-ring (bicyclic) bond motifs is 1. The van der Waals surface area contributed by atoms with Crippen LogP contribution < -0.4 is 15.1 Å². The van der Waals surface area contributed by atoms with Crippen LogP contribution >= 0.6 is 12.2 Å². The summed E-state index contributed by atoms with van der Waals surface area (Å²) in [6, 6.07) is 11.8. The highest BCUT2D eigenvalue weighted by Gasteiger charge is 2.22. The topological polar surface area (TPSA) is 76.8 Å². The van der Waals surface area contributed by atoms with E-state index in [1.165, 1.54) is 0 Å². The van der Waals surface area contributed by atoms with E-state index < -0.39 is 0 Å². The van der Waals surface area contributed by atoms with Crippen molar-refractivity contribution in [3.63, 3.8) is 0 Å². The number of nitrogens with one attached hydrogen (secondary N) is 1. The monoisotopic (exact) mass is 406 g/mol. The van der Waals surface area contributed by atoms with Crippen molar-refractivity contribution < 1.29 is 4.74 Å². The van der Waals surface area contributed by atoms with Gasteiger partial charge in [0.2, 0.25) is 0 Å². The molecule has 0 bridgehead atoms. The average molecular weight is 407 g/mol. The lowest BCUT2D eigenvalue weighted by Gasteiger charge is -2.37. The second kappa shape index (κ2) is 8.45. The molecule has 8 heteroatoms. The number of anilines is 1. The van der Waals surface area contributed by atoms with Gasteiger partial charge in [0.15, 0.2) is 5.11 Å². The van der Waals surface area contributed by atoms with E-state index in [1.807, 2.05) is 37.3 Å². The average Bonchev–Trinajstić information content (AvgIpc) is 2.78. The predicted octanol–water partition coefficient (Wildman–Crippen LogP) is 2.45. The first-order valence-electron chi connectivity index (χ1n) is 9.61. The van der Waals surface area contributed by atoms with Gasteiger partial charge in [0.1, 0.15) is 11.4 Å². The Morgan fingerprint density at radius 2 is 1.97 bits per heavy atom. The number of hydrogen-bond acceptors (Lipinski definition) is 6. The van der Waals surface area contributed by atoms with Crippen LogP contribution in [0.25, 0.3) is 0 Å². The zero-order valence-corrected chi connectivity index (χ0v) is 17.1. The van der Waals surface area contributed by atoms with Crippen molar-refractivity contribution in [3.8, 4) is 11.8 Å². The van der Waals surface area contributed by atoms with Gasteiger partial charge in [0, 0.05) is 44.5 Å². The van der Waals surface area contributed by atoms with E-state index in [9.17, 15) is 0 Å². The molecule has 0 spiro atoms. The number of aromatic nitrogens is 1. The molecule has 2 aromatic rings. The van der Waals surface area contributed by atoms with Crippen LogP contribution in [-0.2, 0) is 0 Å². The number of hydrazone groups is 1. The quantitative estimate of drug-likeness (QED) is 0.606. The van der Waals surface area contributed by atoms with E-state index >= 15 is 0 Å². The molecule has 0 aliphatic carbocycles. The SMILES string of the molecule is Cc1ccnc2c1OCC/C2=N/NC(=S)N1CCN(c2ccc(C#N)cc2)CC1. The first kappa shape index (κ1) is 19.2. The summed E-state index contributed by atoms with van der Waals surface area (Å²) >= 11 is 5.56. The number of rotatable bonds is 2. The minimum Gasteiger partial charge on any atom is -0.491 e. The molecular weight excluding hydrogens is 384 g/mol. The van der Waals surface area contributed by atoms with E-state index in [0.717, 1.165) is 54.6 Å². The largest absolute Gasteiger partial charge is 0.491 e. The maximum atomic E-state index is 8.93. The highest BCUT2D eigenvalue weighted by Crippen LogP contribution is 2.26. The third-order valence-corrected chi connectivity index (χ3v) is 5.52. The first-order chi connectivity index (χ1) is 14.2. The zero-order chi connectivity index (χ0) is 20.2.